The predicted molar refractivity (Wildman–Crippen MR) is 236 cm³/mol. The maximum Gasteiger partial charge on any atom is 0.0744 e. The highest BCUT2D eigenvalue weighted by atomic mass is 32.1. The quantitative estimate of drug-likeness (QED) is 0.158. The predicted octanol–water partition coefficient (Wildman–Crippen LogP) is 15.1. The molecular formula is C52H39NS. The van der Waals surface area contributed by atoms with Crippen LogP contribution in [0.2, 0.25) is 0 Å². The normalized spacial score (nSPS) is 17.6. The van der Waals surface area contributed by atoms with Gasteiger partial charge in [0.25, 0.3) is 0 Å². The van der Waals surface area contributed by atoms with Crippen molar-refractivity contribution in [2.75, 3.05) is 0 Å². The third-order valence-corrected chi connectivity index (χ3v) is 12.5. The molecule has 0 bridgehead atoms. The molecule has 54 heavy (non-hydrogen) atoms. The summed E-state index contributed by atoms with van der Waals surface area (Å²) >= 11 is 1.88. The van der Waals surface area contributed by atoms with E-state index in [0.717, 1.165) is 36.2 Å². The fourth-order valence-corrected chi connectivity index (χ4v) is 9.92. The van der Waals surface area contributed by atoms with Gasteiger partial charge in [0, 0.05) is 31.3 Å². The van der Waals surface area contributed by atoms with Crippen LogP contribution >= 0.6 is 11.3 Å². The zero-order chi connectivity index (χ0) is 36.2. The molecule has 0 radical (unpaired) electrons. The third-order valence-electron chi connectivity index (χ3n) is 11.4. The van der Waals surface area contributed by atoms with Crippen molar-refractivity contribution in [3.8, 4) is 11.1 Å². The Labute approximate surface area is 320 Å². The van der Waals surface area contributed by atoms with Crippen LogP contribution in [0.25, 0.3) is 74.9 Å². The van der Waals surface area contributed by atoms with E-state index in [1.807, 2.05) is 11.3 Å². The van der Waals surface area contributed by atoms with Crippen molar-refractivity contribution in [1.29, 1.82) is 0 Å². The molecule has 258 valence electrons. The SMILES string of the molecule is CCC1=C(\c2ccccc2)CC/C(C)=C(c2ccc3c4ccccc4c4cccc(-c5ccc6c(c5)sc5ccccc56)c4c3c2)/N=C\1c1ccccc1. The zero-order valence-corrected chi connectivity index (χ0v) is 31.4. The van der Waals surface area contributed by atoms with E-state index < -0.39 is 0 Å². The van der Waals surface area contributed by atoms with Crippen LogP contribution in [0.5, 0.6) is 0 Å². The number of nitrogens with zero attached hydrogens (tertiary/aromatic N) is 1. The van der Waals surface area contributed by atoms with Gasteiger partial charge in [0.2, 0.25) is 0 Å². The standard InChI is InChI=1S/C52H39NS/c1-3-38-39(34-15-6-4-7-16-34)28-25-33(2)51(53-52(38)35-17-8-5-9-18-35)37-27-29-43-41-19-10-11-20-42(41)46-23-14-22-40(50(46)47(43)31-37)36-26-30-45-44-21-12-13-24-48(44)54-49(45)32-36/h4-24,26-27,29-32H,3,25,28H2,1-2H3/b39-38+,51-33+,53-52-. The summed E-state index contributed by atoms with van der Waals surface area (Å²) in [5.41, 5.74) is 12.3. The van der Waals surface area contributed by atoms with Crippen LogP contribution < -0.4 is 0 Å². The number of hydrogen-bond donors (Lipinski definition) is 0. The van der Waals surface area contributed by atoms with E-state index in [4.69, 9.17) is 4.99 Å². The Morgan fingerprint density at radius 2 is 1.09 bits per heavy atom. The molecule has 1 aliphatic rings. The summed E-state index contributed by atoms with van der Waals surface area (Å²) in [4.78, 5) is 5.71. The van der Waals surface area contributed by atoms with Gasteiger partial charge in [0.1, 0.15) is 0 Å². The van der Waals surface area contributed by atoms with Gasteiger partial charge in [-0.2, -0.15) is 0 Å². The highest BCUT2D eigenvalue weighted by molar-refractivity contribution is 7.25. The van der Waals surface area contributed by atoms with Crippen molar-refractivity contribution in [1.82, 2.24) is 0 Å². The lowest BCUT2D eigenvalue weighted by molar-refractivity contribution is 0.972. The Balaban J connectivity index is 1.23. The van der Waals surface area contributed by atoms with Gasteiger partial charge in [0.05, 0.1) is 11.4 Å². The summed E-state index contributed by atoms with van der Waals surface area (Å²) in [6.45, 7) is 4.56. The van der Waals surface area contributed by atoms with Gasteiger partial charge < -0.3 is 0 Å². The number of thiophene rings is 1. The van der Waals surface area contributed by atoms with Crippen molar-refractivity contribution in [2.45, 2.75) is 33.1 Å². The molecule has 0 unspecified atom stereocenters. The first-order chi connectivity index (χ1) is 26.7. The zero-order valence-electron chi connectivity index (χ0n) is 30.6. The minimum atomic E-state index is 0.909. The summed E-state index contributed by atoms with van der Waals surface area (Å²) in [7, 11) is 0. The summed E-state index contributed by atoms with van der Waals surface area (Å²) in [6.07, 6.45) is 2.83. The molecule has 8 aromatic carbocycles. The van der Waals surface area contributed by atoms with E-state index in [1.165, 1.54) is 91.5 Å². The Morgan fingerprint density at radius 3 is 1.87 bits per heavy atom. The van der Waals surface area contributed by atoms with Gasteiger partial charge in [-0.25, -0.2) is 4.99 Å². The molecule has 1 aliphatic heterocycles. The van der Waals surface area contributed by atoms with Gasteiger partial charge >= 0.3 is 0 Å². The molecule has 10 rings (SSSR count). The maximum absolute atomic E-state index is 5.71. The second kappa shape index (κ2) is 13.4. The number of aliphatic imine (C=N–C) groups is 1. The Kier molecular flexibility index (Phi) is 8.08. The van der Waals surface area contributed by atoms with Crippen LogP contribution in [0.4, 0.5) is 0 Å². The highest BCUT2D eigenvalue weighted by Crippen LogP contribution is 2.44. The number of fused-ring (bicyclic) bond motifs is 9. The molecule has 1 aromatic heterocycles. The summed E-state index contributed by atoms with van der Waals surface area (Å²) in [6, 6.07) is 60.4. The summed E-state index contributed by atoms with van der Waals surface area (Å²) < 4.78 is 2.66. The number of rotatable bonds is 5. The topological polar surface area (TPSA) is 12.4 Å². The number of benzene rings is 8. The second-order valence-electron chi connectivity index (χ2n) is 14.5. The lowest BCUT2D eigenvalue weighted by Gasteiger charge is -2.22. The Bertz CT molecular complexity index is 3010. The van der Waals surface area contributed by atoms with Gasteiger partial charge in [-0.05, 0) is 110 Å². The van der Waals surface area contributed by atoms with E-state index in [9.17, 15) is 0 Å². The minimum Gasteiger partial charge on any atom is -0.248 e. The molecule has 0 amide bonds. The molecule has 0 spiro atoms. The van der Waals surface area contributed by atoms with Crippen LogP contribution in [0, 0.1) is 0 Å². The van der Waals surface area contributed by atoms with Crippen LogP contribution in [0.15, 0.2) is 180 Å². The van der Waals surface area contributed by atoms with Crippen LogP contribution in [-0.2, 0) is 0 Å². The molecule has 1 nitrogen and oxygen atoms in total. The molecule has 2 heteroatoms. The number of allylic oxidation sites excluding steroid dienone is 3. The van der Waals surface area contributed by atoms with Crippen molar-refractivity contribution >= 4 is 80.8 Å². The summed E-state index contributed by atoms with van der Waals surface area (Å²) in [5.74, 6) is 0. The molecule has 0 saturated carbocycles. The van der Waals surface area contributed by atoms with E-state index in [2.05, 4.69) is 178 Å². The van der Waals surface area contributed by atoms with Gasteiger partial charge in [0.15, 0.2) is 0 Å². The first-order valence-electron chi connectivity index (χ1n) is 19.1. The second-order valence-corrected chi connectivity index (χ2v) is 15.6. The number of hydrogen-bond acceptors (Lipinski definition) is 2. The molecule has 0 N–H and O–H groups in total. The summed E-state index contributed by atoms with van der Waals surface area (Å²) in [5, 5.41) is 10.3. The Hall–Kier alpha value is -6.09. The Morgan fingerprint density at radius 1 is 0.481 bits per heavy atom. The fraction of sp³-hybridized carbons (Fsp3) is 0.0962. The van der Waals surface area contributed by atoms with E-state index >= 15 is 0 Å². The monoisotopic (exact) mass is 709 g/mol. The van der Waals surface area contributed by atoms with Gasteiger partial charge in [-0.1, -0.05) is 153 Å². The maximum atomic E-state index is 5.71. The van der Waals surface area contributed by atoms with E-state index in [1.54, 1.807) is 0 Å². The van der Waals surface area contributed by atoms with Crippen molar-refractivity contribution in [2.24, 2.45) is 4.99 Å². The third kappa shape index (κ3) is 5.40. The fourth-order valence-electron chi connectivity index (χ4n) is 8.77. The van der Waals surface area contributed by atoms with Crippen molar-refractivity contribution in [3.05, 3.63) is 192 Å². The average molecular weight is 710 g/mol. The molecule has 0 saturated heterocycles. The molecule has 0 atom stereocenters. The molecule has 0 fully saturated rings. The highest BCUT2D eigenvalue weighted by Gasteiger charge is 2.22. The first-order valence-corrected chi connectivity index (χ1v) is 19.9. The minimum absolute atomic E-state index is 0.909. The average Bonchev–Trinajstić information content (AvgIpc) is 3.61. The largest absolute Gasteiger partial charge is 0.248 e. The van der Waals surface area contributed by atoms with E-state index in [-0.39, 0.29) is 0 Å². The van der Waals surface area contributed by atoms with Crippen LogP contribution in [0.1, 0.15) is 49.8 Å². The van der Waals surface area contributed by atoms with E-state index in [0.29, 0.717) is 0 Å². The molecule has 0 aliphatic carbocycles. The van der Waals surface area contributed by atoms with Crippen molar-refractivity contribution < 1.29 is 0 Å². The molecule has 9 aromatic rings. The van der Waals surface area contributed by atoms with Crippen LogP contribution in [-0.4, -0.2) is 5.71 Å². The lowest BCUT2D eigenvalue weighted by Crippen LogP contribution is -2.11. The molecule has 2 heterocycles. The molecular weight excluding hydrogens is 671 g/mol. The lowest BCUT2D eigenvalue weighted by atomic mass is 9.85. The van der Waals surface area contributed by atoms with Crippen molar-refractivity contribution in [3.63, 3.8) is 0 Å². The van der Waals surface area contributed by atoms with Gasteiger partial charge in [-0.3, -0.25) is 0 Å². The smallest absolute Gasteiger partial charge is 0.0744 e. The van der Waals surface area contributed by atoms with Gasteiger partial charge in [-0.15, -0.1) is 11.3 Å². The van der Waals surface area contributed by atoms with Crippen LogP contribution in [0.3, 0.4) is 0 Å². The first kappa shape index (κ1) is 32.6.